The molecule has 3 aromatic rings. The first-order valence-electron chi connectivity index (χ1n) is 11.5. The molecule has 0 radical (unpaired) electrons. The van der Waals surface area contributed by atoms with Gasteiger partial charge in [-0.2, -0.15) is 0 Å². The molecule has 1 atom stereocenters. The van der Waals surface area contributed by atoms with Crippen LogP contribution in [0.15, 0.2) is 77.8 Å². The number of carbonyl (C=O) groups is 2. The number of hydrogen-bond acceptors (Lipinski definition) is 4. The van der Waals surface area contributed by atoms with E-state index in [0.717, 1.165) is 28.8 Å². The van der Waals surface area contributed by atoms with Crippen LogP contribution in [0.25, 0.3) is 0 Å². The van der Waals surface area contributed by atoms with Crippen LogP contribution in [-0.2, 0) is 4.79 Å². The second kappa shape index (κ2) is 12.7. The second-order valence-corrected chi connectivity index (χ2v) is 9.20. The zero-order valence-corrected chi connectivity index (χ0v) is 20.1. The number of aliphatic carboxylic acids is 1. The van der Waals surface area contributed by atoms with Crippen molar-refractivity contribution in [3.05, 3.63) is 93.7 Å². The Labute approximate surface area is 204 Å². The van der Waals surface area contributed by atoms with Crippen molar-refractivity contribution in [2.24, 2.45) is 10.7 Å². The number of carboxylic acids is 1. The van der Waals surface area contributed by atoms with Gasteiger partial charge in [0.05, 0.1) is 10.7 Å². The maximum Gasteiger partial charge on any atom is 0.326 e. The van der Waals surface area contributed by atoms with Crippen molar-refractivity contribution < 1.29 is 14.7 Å². The van der Waals surface area contributed by atoms with Crippen molar-refractivity contribution in [2.45, 2.75) is 44.6 Å². The summed E-state index contributed by atoms with van der Waals surface area (Å²) in [5.74, 6) is -0.855. The average Bonchev–Trinajstić information content (AvgIpc) is 3.32. The number of benzene rings is 2. The number of amides is 1. The van der Waals surface area contributed by atoms with Gasteiger partial charge in [0, 0.05) is 23.8 Å². The fourth-order valence-electron chi connectivity index (χ4n) is 3.78. The van der Waals surface area contributed by atoms with Gasteiger partial charge in [-0.15, -0.1) is 11.3 Å². The van der Waals surface area contributed by atoms with Crippen LogP contribution in [0.4, 0.5) is 0 Å². The van der Waals surface area contributed by atoms with Crippen molar-refractivity contribution in [1.82, 2.24) is 5.32 Å². The molecule has 1 amide bonds. The Morgan fingerprint density at radius 1 is 1.00 bits per heavy atom. The predicted molar refractivity (Wildman–Crippen MR) is 138 cm³/mol. The van der Waals surface area contributed by atoms with Crippen molar-refractivity contribution in [3.8, 4) is 0 Å². The quantitative estimate of drug-likeness (QED) is 0.193. The molecule has 0 saturated carbocycles. The minimum atomic E-state index is -1.05. The second-order valence-electron chi connectivity index (χ2n) is 8.09. The third-order valence-corrected chi connectivity index (χ3v) is 6.63. The zero-order chi connectivity index (χ0) is 24.3. The maximum atomic E-state index is 12.9. The number of nitrogens with zero attached hydrogens (tertiary/aromatic N) is 1. The van der Waals surface area contributed by atoms with Crippen molar-refractivity contribution >= 4 is 29.0 Å². The van der Waals surface area contributed by atoms with Gasteiger partial charge in [-0.05, 0) is 42.5 Å². The number of carbonyl (C=O) groups excluding carboxylic acids is 1. The van der Waals surface area contributed by atoms with Gasteiger partial charge in [0.2, 0.25) is 0 Å². The van der Waals surface area contributed by atoms with Crippen LogP contribution in [0.5, 0.6) is 0 Å². The smallest absolute Gasteiger partial charge is 0.326 e. The van der Waals surface area contributed by atoms with Crippen LogP contribution < -0.4 is 11.1 Å². The van der Waals surface area contributed by atoms with Gasteiger partial charge in [0.25, 0.3) is 5.91 Å². The van der Waals surface area contributed by atoms with Crippen LogP contribution in [-0.4, -0.2) is 35.4 Å². The summed E-state index contributed by atoms with van der Waals surface area (Å²) in [7, 11) is 0. The normalized spacial score (nSPS) is 12.5. The van der Waals surface area contributed by atoms with Crippen molar-refractivity contribution in [3.63, 3.8) is 0 Å². The van der Waals surface area contributed by atoms with Gasteiger partial charge in [0.1, 0.15) is 6.04 Å². The van der Waals surface area contributed by atoms with Crippen LogP contribution in [0, 0.1) is 0 Å². The van der Waals surface area contributed by atoms with Crippen molar-refractivity contribution in [2.75, 3.05) is 6.54 Å². The number of rotatable bonds is 12. The fourth-order valence-corrected chi connectivity index (χ4v) is 4.85. The first-order chi connectivity index (χ1) is 16.5. The Morgan fingerprint density at radius 3 is 2.18 bits per heavy atom. The summed E-state index contributed by atoms with van der Waals surface area (Å²) in [4.78, 5) is 30.4. The predicted octanol–water partition coefficient (Wildman–Crippen LogP) is 5.05. The van der Waals surface area contributed by atoms with Gasteiger partial charge >= 0.3 is 5.97 Å². The van der Waals surface area contributed by atoms with Gasteiger partial charge in [-0.25, -0.2) is 4.79 Å². The van der Waals surface area contributed by atoms with Crippen molar-refractivity contribution in [1.29, 1.82) is 0 Å². The number of thiophene rings is 1. The SMILES string of the molecule is CCCC(N)=NCCC[C@H](NC(=O)c1ccc(C(c2ccccc2)c2ccccc2)s1)C(=O)O. The fraction of sp³-hybridized carbons (Fsp3) is 0.296. The third-order valence-electron chi connectivity index (χ3n) is 5.48. The molecule has 4 N–H and O–H groups in total. The molecule has 0 aliphatic heterocycles. The Balaban J connectivity index is 1.71. The summed E-state index contributed by atoms with van der Waals surface area (Å²) in [6.45, 7) is 2.47. The molecular formula is C27H31N3O3S. The maximum absolute atomic E-state index is 12.9. The van der Waals surface area contributed by atoms with E-state index in [0.29, 0.717) is 30.1 Å². The van der Waals surface area contributed by atoms with Gasteiger partial charge in [0.15, 0.2) is 0 Å². The van der Waals surface area contributed by atoms with E-state index in [1.54, 1.807) is 6.07 Å². The zero-order valence-electron chi connectivity index (χ0n) is 19.3. The molecule has 6 nitrogen and oxygen atoms in total. The molecule has 2 aromatic carbocycles. The number of aliphatic imine (C=N–C) groups is 1. The number of hydrogen-bond donors (Lipinski definition) is 3. The van der Waals surface area contributed by atoms with Crippen LogP contribution in [0.3, 0.4) is 0 Å². The lowest BCUT2D eigenvalue weighted by Crippen LogP contribution is -2.40. The Morgan fingerprint density at radius 2 is 1.62 bits per heavy atom. The number of amidine groups is 1. The molecule has 7 heteroatoms. The Bertz CT molecular complexity index is 1060. The lowest BCUT2D eigenvalue weighted by Gasteiger charge is -2.17. The molecule has 0 saturated heterocycles. The van der Waals surface area contributed by atoms with Crippen LogP contribution >= 0.6 is 11.3 Å². The van der Waals surface area contributed by atoms with E-state index in [1.807, 2.05) is 49.4 Å². The molecule has 0 aliphatic rings. The monoisotopic (exact) mass is 477 g/mol. The van der Waals surface area contributed by atoms with E-state index in [4.69, 9.17) is 5.73 Å². The van der Waals surface area contributed by atoms with Gasteiger partial charge in [-0.3, -0.25) is 9.79 Å². The summed E-state index contributed by atoms with van der Waals surface area (Å²) < 4.78 is 0. The highest BCUT2D eigenvalue weighted by molar-refractivity contribution is 7.14. The first kappa shape index (κ1) is 25.2. The molecular weight excluding hydrogens is 446 g/mol. The summed E-state index contributed by atoms with van der Waals surface area (Å²) in [5, 5.41) is 12.3. The van der Waals surface area contributed by atoms with E-state index in [1.165, 1.54) is 11.3 Å². The Kier molecular flexibility index (Phi) is 9.40. The minimum Gasteiger partial charge on any atom is -0.480 e. The van der Waals surface area contributed by atoms with Crippen LogP contribution in [0.1, 0.15) is 64.2 Å². The number of nitrogens with two attached hydrogens (primary N) is 1. The Hall–Kier alpha value is -3.45. The topological polar surface area (TPSA) is 105 Å². The summed E-state index contributed by atoms with van der Waals surface area (Å²) in [6.07, 6.45) is 2.47. The standard InChI is InChI=1S/C27H31N3O3S/c1-2-10-24(28)29-18-9-15-21(27(32)33)30-26(31)23-17-16-22(34-23)25(19-11-5-3-6-12-19)20-13-7-4-8-14-20/h3-8,11-14,16-17,21,25H,2,9-10,15,18H2,1H3,(H2,28,29)(H,30,31)(H,32,33)/t21-/m0/s1. The summed E-state index contributed by atoms with van der Waals surface area (Å²) in [6, 6.07) is 23.0. The van der Waals surface area contributed by atoms with Gasteiger partial charge < -0.3 is 16.2 Å². The summed E-state index contributed by atoms with van der Waals surface area (Å²) in [5.41, 5.74) is 8.06. The van der Waals surface area contributed by atoms with E-state index in [9.17, 15) is 14.7 Å². The number of nitrogens with one attached hydrogen (secondary N) is 1. The molecule has 0 aliphatic carbocycles. The average molecular weight is 478 g/mol. The van der Waals surface area contributed by atoms with E-state index in [2.05, 4.69) is 34.6 Å². The molecule has 0 unspecified atom stereocenters. The summed E-state index contributed by atoms with van der Waals surface area (Å²) >= 11 is 1.39. The molecule has 0 spiro atoms. The molecule has 3 rings (SSSR count). The highest BCUT2D eigenvalue weighted by Crippen LogP contribution is 2.36. The molecule has 0 bridgehead atoms. The third kappa shape index (κ3) is 7.02. The van der Waals surface area contributed by atoms with E-state index >= 15 is 0 Å². The minimum absolute atomic E-state index is 0.00402. The highest BCUT2D eigenvalue weighted by Gasteiger charge is 2.23. The van der Waals surface area contributed by atoms with Crippen LogP contribution in [0.2, 0.25) is 0 Å². The van der Waals surface area contributed by atoms with Gasteiger partial charge in [-0.1, -0.05) is 67.6 Å². The van der Waals surface area contributed by atoms with E-state index < -0.39 is 12.0 Å². The number of carboxylic acid groups (broad SMARTS) is 1. The molecule has 0 fully saturated rings. The molecule has 34 heavy (non-hydrogen) atoms. The van der Waals surface area contributed by atoms with E-state index in [-0.39, 0.29) is 11.8 Å². The molecule has 1 heterocycles. The molecule has 1 aromatic heterocycles. The largest absolute Gasteiger partial charge is 0.480 e. The molecule has 178 valence electrons. The highest BCUT2D eigenvalue weighted by atomic mass is 32.1. The first-order valence-corrected chi connectivity index (χ1v) is 12.3. The lowest BCUT2D eigenvalue weighted by atomic mass is 9.90. The lowest BCUT2D eigenvalue weighted by molar-refractivity contribution is -0.139.